The zero-order chi connectivity index (χ0) is 12.5. The van der Waals surface area contributed by atoms with E-state index < -0.39 is 0 Å². The monoisotopic (exact) mass is 247 g/mol. The lowest BCUT2D eigenvalue weighted by Crippen LogP contribution is -2.17. The summed E-state index contributed by atoms with van der Waals surface area (Å²) in [6, 6.07) is 6.24. The SMILES string of the molecule is CCCC(C)(C)c1ccc2cnccc2c1Cl. The van der Waals surface area contributed by atoms with Crippen molar-refractivity contribution >= 4 is 22.4 Å². The van der Waals surface area contributed by atoms with E-state index in [1.165, 1.54) is 5.56 Å². The summed E-state index contributed by atoms with van der Waals surface area (Å²) < 4.78 is 0. The maximum absolute atomic E-state index is 6.53. The Balaban J connectivity index is 2.60. The molecule has 0 saturated heterocycles. The minimum absolute atomic E-state index is 0.128. The van der Waals surface area contributed by atoms with Gasteiger partial charge in [0.1, 0.15) is 0 Å². The van der Waals surface area contributed by atoms with Crippen molar-refractivity contribution in [1.82, 2.24) is 4.98 Å². The molecule has 0 atom stereocenters. The Morgan fingerprint density at radius 3 is 2.71 bits per heavy atom. The molecule has 0 saturated carbocycles. The van der Waals surface area contributed by atoms with Crippen molar-refractivity contribution in [2.24, 2.45) is 0 Å². The molecule has 2 heteroatoms. The summed E-state index contributed by atoms with van der Waals surface area (Å²) >= 11 is 6.53. The van der Waals surface area contributed by atoms with Gasteiger partial charge in [-0.15, -0.1) is 0 Å². The largest absolute Gasteiger partial charge is 0.264 e. The topological polar surface area (TPSA) is 12.9 Å². The standard InChI is InChI=1S/C15H18ClN/c1-4-8-15(2,3)13-6-5-11-10-17-9-7-12(11)14(13)16/h5-7,9-10H,4,8H2,1-3H3. The van der Waals surface area contributed by atoms with E-state index in [0.29, 0.717) is 0 Å². The van der Waals surface area contributed by atoms with Crippen LogP contribution < -0.4 is 0 Å². The first kappa shape index (κ1) is 12.4. The molecule has 0 N–H and O–H groups in total. The highest BCUT2D eigenvalue weighted by atomic mass is 35.5. The molecule has 0 aliphatic rings. The van der Waals surface area contributed by atoms with Gasteiger partial charge < -0.3 is 0 Å². The molecule has 0 unspecified atom stereocenters. The summed E-state index contributed by atoms with van der Waals surface area (Å²) in [4.78, 5) is 4.12. The van der Waals surface area contributed by atoms with E-state index >= 15 is 0 Å². The Morgan fingerprint density at radius 1 is 1.24 bits per heavy atom. The number of benzene rings is 1. The zero-order valence-electron chi connectivity index (χ0n) is 10.6. The van der Waals surface area contributed by atoms with Crippen molar-refractivity contribution < 1.29 is 0 Å². The second kappa shape index (κ2) is 4.66. The van der Waals surface area contributed by atoms with Crippen LogP contribution in [0.5, 0.6) is 0 Å². The lowest BCUT2D eigenvalue weighted by atomic mass is 9.80. The summed E-state index contributed by atoms with van der Waals surface area (Å²) in [5.41, 5.74) is 1.36. The summed E-state index contributed by atoms with van der Waals surface area (Å²) in [7, 11) is 0. The molecule has 1 nitrogen and oxygen atoms in total. The third-order valence-electron chi connectivity index (χ3n) is 3.36. The van der Waals surface area contributed by atoms with Crippen LogP contribution in [-0.2, 0) is 5.41 Å². The van der Waals surface area contributed by atoms with Crippen molar-refractivity contribution in [1.29, 1.82) is 0 Å². The molecular weight excluding hydrogens is 230 g/mol. The molecule has 0 aliphatic carbocycles. The van der Waals surface area contributed by atoms with Gasteiger partial charge in [-0.05, 0) is 23.5 Å². The van der Waals surface area contributed by atoms with Gasteiger partial charge in [0.25, 0.3) is 0 Å². The van der Waals surface area contributed by atoms with Crippen LogP contribution in [0.2, 0.25) is 5.02 Å². The van der Waals surface area contributed by atoms with Crippen LogP contribution in [0.1, 0.15) is 39.2 Å². The van der Waals surface area contributed by atoms with E-state index in [1.807, 2.05) is 12.3 Å². The van der Waals surface area contributed by atoms with E-state index in [-0.39, 0.29) is 5.41 Å². The van der Waals surface area contributed by atoms with Crippen LogP contribution in [0.15, 0.2) is 30.6 Å². The third kappa shape index (κ3) is 2.30. The fourth-order valence-electron chi connectivity index (χ4n) is 2.41. The van der Waals surface area contributed by atoms with E-state index in [1.54, 1.807) is 6.20 Å². The second-order valence-electron chi connectivity index (χ2n) is 5.16. The maximum Gasteiger partial charge on any atom is 0.0522 e. The number of halogens is 1. The summed E-state index contributed by atoms with van der Waals surface area (Å²) in [6.07, 6.45) is 5.96. The number of aromatic nitrogens is 1. The number of nitrogens with zero attached hydrogens (tertiary/aromatic N) is 1. The molecule has 0 radical (unpaired) electrons. The number of rotatable bonds is 3. The molecule has 0 spiro atoms. The number of pyridine rings is 1. The highest BCUT2D eigenvalue weighted by Crippen LogP contribution is 2.37. The minimum Gasteiger partial charge on any atom is -0.264 e. The maximum atomic E-state index is 6.53. The molecule has 1 aromatic carbocycles. The molecule has 0 bridgehead atoms. The van der Waals surface area contributed by atoms with Gasteiger partial charge in [-0.25, -0.2) is 0 Å². The average Bonchev–Trinajstić information content (AvgIpc) is 2.29. The predicted molar refractivity (Wildman–Crippen MR) is 74.7 cm³/mol. The third-order valence-corrected chi connectivity index (χ3v) is 3.77. The fourth-order valence-corrected chi connectivity index (χ4v) is 2.90. The Morgan fingerprint density at radius 2 is 2.00 bits per heavy atom. The highest BCUT2D eigenvalue weighted by Gasteiger charge is 2.23. The first-order valence-corrected chi connectivity index (χ1v) is 6.47. The number of hydrogen-bond donors (Lipinski definition) is 0. The summed E-state index contributed by atoms with van der Waals surface area (Å²) in [5.74, 6) is 0. The van der Waals surface area contributed by atoms with Gasteiger partial charge in [-0.2, -0.15) is 0 Å². The van der Waals surface area contributed by atoms with Crippen LogP contribution in [0, 0.1) is 0 Å². The van der Waals surface area contributed by atoms with Crippen LogP contribution >= 0.6 is 11.6 Å². The highest BCUT2D eigenvalue weighted by molar-refractivity contribution is 6.36. The molecule has 0 amide bonds. The first-order chi connectivity index (χ1) is 8.06. The molecule has 0 fully saturated rings. The van der Waals surface area contributed by atoms with Crippen molar-refractivity contribution in [2.75, 3.05) is 0 Å². The average molecular weight is 248 g/mol. The van der Waals surface area contributed by atoms with Crippen molar-refractivity contribution in [3.05, 3.63) is 41.2 Å². The predicted octanol–water partition coefficient (Wildman–Crippen LogP) is 4.97. The fraction of sp³-hybridized carbons (Fsp3) is 0.400. The van der Waals surface area contributed by atoms with Gasteiger partial charge in [0, 0.05) is 23.2 Å². The van der Waals surface area contributed by atoms with Crippen LogP contribution in [0.4, 0.5) is 0 Å². The van der Waals surface area contributed by atoms with Crippen LogP contribution in [-0.4, -0.2) is 4.98 Å². The Hall–Kier alpha value is -1.08. The Labute approximate surface area is 108 Å². The molecule has 1 aromatic heterocycles. The van der Waals surface area contributed by atoms with Crippen molar-refractivity contribution in [2.45, 2.75) is 39.0 Å². The molecular formula is C15H18ClN. The van der Waals surface area contributed by atoms with Gasteiger partial charge in [0.2, 0.25) is 0 Å². The van der Waals surface area contributed by atoms with Gasteiger partial charge in [-0.3, -0.25) is 4.98 Å². The molecule has 1 heterocycles. The van der Waals surface area contributed by atoms with Gasteiger partial charge >= 0.3 is 0 Å². The minimum atomic E-state index is 0.128. The summed E-state index contributed by atoms with van der Waals surface area (Å²) in [6.45, 7) is 6.72. The normalized spacial score (nSPS) is 12.0. The second-order valence-corrected chi connectivity index (χ2v) is 5.54. The van der Waals surface area contributed by atoms with Gasteiger partial charge in [0.05, 0.1) is 5.02 Å². The quantitative estimate of drug-likeness (QED) is 0.747. The smallest absolute Gasteiger partial charge is 0.0522 e. The Bertz CT molecular complexity index is 531. The van der Waals surface area contributed by atoms with Crippen molar-refractivity contribution in [3.8, 4) is 0 Å². The lowest BCUT2D eigenvalue weighted by molar-refractivity contribution is 0.474. The first-order valence-electron chi connectivity index (χ1n) is 6.09. The van der Waals surface area contributed by atoms with Crippen LogP contribution in [0.25, 0.3) is 10.8 Å². The van der Waals surface area contributed by atoms with E-state index in [9.17, 15) is 0 Å². The summed E-state index contributed by atoms with van der Waals surface area (Å²) in [5, 5.41) is 3.08. The molecule has 0 aliphatic heterocycles. The van der Waals surface area contributed by atoms with Gasteiger partial charge in [-0.1, -0.05) is 50.9 Å². The molecule has 17 heavy (non-hydrogen) atoms. The van der Waals surface area contributed by atoms with E-state index in [0.717, 1.165) is 28.6 Å². The molecule has 90 valence electrons. The molecule has 2 aromatic rings. The van der Waals surface area contributed by atoms with Crippen LogP contribution in [0.3, 0.4) is 0 Å². The van der Waals surface area contributed by atoms with E-state index in [2.05, 4.69) is 37.9 Å². The molecule has 2 rings (SSSR count). The number of hydrogen-bond acceptors (Lipinski definition) is 1. The van der Waals surface area contributed by atoms with Gasteiger partial charge in [0.15, 0.2) is 0 Å². The Kier molecular flexibility index (Phi) is 3.39. The number of fused-ring (bicyclic) bond motifs is 1. The van der Waals surface area contributed by atoms with Crippen molar-refractivity contribution in [3.63, 3.8) is 0 Å². The lowest BCUT2D eigenvalue weighted by Gasteiger charge is -2.26. The van der Waals surface area contributed by atoms with E-state index in [4.69, 9.17) is 11.6 Å². The zero-order valence-corrected chi connectivity index (χ0v) is 11.4.